The maximum absolute atomic E-state index is 14.0. The molecule has 1 aromatic rings. The molecule has 4 aliphatic carbocycles. The van der Waals surface area contributed by atoms with E-state index in [1.54, 1.807) is 0 Å². The van der Waals surface area contributed by atoms with E-state index in [2.05, 4.69) is 54.8 Å². The van der Waals surface area contributed by atoms with Gasteiger partial charge in [-0.05, 0) is 86.3 Å². The molecule has 4 saturated carbocycles. The van der Waals surface area contributed by atoms with Gasteiger partial charge in [-0.2, -0.15) is 0 Å². The third kappa shape index (κ3) is 2.54. The molecule has 0 radical (unpaired) electrons. The van der Waals surface area contributed by atoms with E-state index in [-0.39, 0.29) is 16.2 Å². The van der Waals surface area contributed by atoms with Crippen LogP contribution >= 0.6 is 0 Å². The second kappa shape index (κ2) is 6.58. The summed E-state index contributed by atoms with van der Waals surface area (Å²) >= 11 is 0. The lowest BCUT2D eigenvalue weighted by Crippen LogP contribution is -2.54. The molecule has 3 heteroatoms. The zero-order valence-electron chi connectivity index (χ0n) is 17.6. The molecule has 28 heavy (non-hydrogen) atoms. The number of amides is 1. The topological polar surface area (TPSA) is 41.1 Å². The quantitative estimate of drug-likeness (QED) is 0.794. The lowest BCUT2D eigenvalue weighted by Gasteiger charge is -2.42. The number of piperidine rings is 1. The maximum Gasteiger partial charge on any atom is 0.227 e. The minimum atomic E-state index is -0.133. The van der Waals surface area contributed by atoms with E-state index >= 15 is 0 Å². The van der Waals surface area contributed by atoms with Crippen molar-refractivity contribution < 1.29 is 4.79 Å². The van der Waals surface area contributed by atoms with E-state index in [0.29, 0.717) is 17.9 Å². The summed E-state index contributed by atoms with van der Waals surface area (Å²) < 4.78 is 0. The highest BCUT2D eigenvalue weighted by atomic mass is 16.2. The van der Waals surface area contributed by atoms with Crippen LogP contribution in [0.3, 0.4) is 0 Å². The van der Waals surface area contributed by atoms with Crippen LogP contribution in [0.5, 0.6) is 0 Å². The minimum Gasteiger partial charge on any atom is -0.353 e. The lowest BCUT2D eigenvalue weighted by molar-refractivity contribution is -0.138. The summed E-state index contributed by atoms with van der Waals surface area (Å²) in [5, 5.41) is 7.06. The van der Waals surface area contributed by atoms with Crippen LogP contribution in [0, 0.1) is 22.7 Å². The molecule has 0 spiro atoms. The van der Waals surface area contributed by atoms with Gasteiger partial charge in [0.15, 0.2) is 0 Å². The fourth-order valence-electron chi connectivity index (χ4n) is 8.13. The molecule has 1 aromatic carbocycles. The second-order valence-electron chi connectivity index (χ2n) is 10.6. The van der Waals surface area contributed by atoms with Crippen molar-refractivity contribution in [3.63, 3.8) is 0 Å². The Morgan fingerprint density at radius 3 is 2.75 bits per heavy atom. The van der Waals surface area contributed by atoms with Gasteiger partial charge in [0.05, 0.1) is 5.41 Å². The van der Waals surface area contributed by atoms with Crippen molar-refractivity contribution in [1.29, 1.82) is 0 Å². The number of nitrogens with one attached hydrogen (secondary N) is 2. The highest BCUT2D eigenvalue weighted by Gasteiger charge is 2.74. The molecule has 152 valence electrons. The van der Waals surface area contributed by atoms with E-state index in [1.807, 2.05) is 0 Å². The van der Waals surface area contributed by atoms with Crippen LogP contribution in [-0.4, -0.2) is 25.0 Å². The number of carbonyl (C=O) groups excluding carboxylic acids is 1. The Balaban J connectivity index is 1.49. The van der Waals surface area contributed by atoms with Crippen molar-refractivity contribution >= 4 is 5.91 Å². The number of benzene rings is 1. The normalized spacial score (nSPS) is 44.0. The molecule has 1 amide bonds. The second-order valence-corrected chi connectivity index (χ2v) is 10.6. The van der Waals surface area contributed by atoms with Gasteiger partial charge in [-0.25, -0.2) is 0 Å². The summed E-state index contributed by atoms with van der Waals surface area (Å²) in [5.41, 5.74) is 1.81. The van der Waals surface area contributed by atoms with Crippen LogP contribution in [-0.2, 0) is 10.2 Å². The number of carbonyl (C=O) groups is 1. The van der Waals surface area contributed by atoms with Crippen molar-refractivity contribution in [2.24, 2.45) is 22.7 Å². The van der Waals surface area contributed by atoms with Crippen molar-refractivity contribution in [1.82, 2.24) is 10.6 Å². The van der Waals surface area contributed by atoms with Gasteiger partial charge in [0.1, 0.15) is 0 Å². The molecule has 6 rings (SSSR count). The Morgan fingerprint density at radius 2 is 2.00 bits per heavy atom. The van der Waals surface area contributed by atoms with Crippen LogP contribution in [0.15, 0.2) is 30.3 Å². The molecule has 3 nitrogen and oxygen atoms in total. The van der Waals surface area contributed by atoms with E-state index in [9.17, 15) is 4.79 Å². The maximum atomic E-state index is 14.0. The standard InChI is InChI=1S/C25H36N2O/c1-3-10-24-13-19-12-23(16-24,20-7-5-4-6-8-20)17-25(24,14-19)22(28)27-21-9-11-26-15-18(21)2/h4-8,18-19,21,26H,3,9-17H2,1-2H3,(H,27,28)/t18?,19?,21?,23-,24-,25?/m1/s1. The van der Waals surface area contributed by atoms with Gasteiger partial charge in [0.25, 0.3) is 0 Å². The zero-order chi connectivity index (χ0) is 19.4. The molecule has 1 heterocycles. The molecule has 0 aromatic heterocycles. The number of hydrogen-bond donors (Lipinski definition) is 2. The fourth-order valence-corrected chi connectivity index (χ4v) is 8.13. The first-order valence-corrected chi connectivity index (χ1v) is 11.6. The Hall–Kier alpha value is -1.35. The molecule has 2 N–H and O–H groups in total. The van der Waals surface area contributed by atoms with Crippen molar-refractivity contribution in [2.75, 3.05) is 13.1 Å². The van der Waals surface area contributed by atoms with Crippen molar-refractivity contribution in [3.8, 4) is 0 Å². The first-order chi connectivity index (χ1) is 13.5. The molecule has 1 aliphatic heterocycles. The number of hydrogen-bond acceptors (Lipinski definition) is 2. The molecule has 4 bridgehead atoms. The Bertz CT molecular complexity index is 748. The molecule has 4 unspecified atom stereocenters. The van der Waals surface area contributed by atoms with Crippen LogP contribution in [0.1, 0.15) is 70.8 Å². The predicted octanol–water partition coefficient (Wildman–Crippen LogP) is 4.42. The summed E-state index contributed by atoms with van der Waals surface area (Å²) in [6, 6.07) is 11.5. The summed E-state index contributed by atoms with van der Waals surface area (Å²) in [6.07, 6.45) is 9.48. The largest absolute Gasteiger partial charge is 0.353 e. The Labute approximate surface area is 170 Å². The highest BCUT2D eigenvalue weighted by molar-refractivity contribution is 5.86. The van der Waals surface area contributed by atoms with E-state index in [1.165, 1.54) is 37.7 Å². The summed E-state index contributed by atoms with van der Waals surface area (Å²) in [4.78, 5) is 14.0. The predicted molar refractivity (Wildman–Crippen MR) is 113 cm³/mol. The van der Waals surface area contributed by atoms with Crippen molar-refractivity contribution in [3.05, 3.63) is 35.9 Å². The summed E-state index contributed by atoms with van der Waals surface area (Å²) in [7, 11) is 0. The molecule has 5 fully saturated rings. The van der Waals surface area contributed by atoms with E-state index in [4.69, 9.17) is 0 Å². The Kier molecular flexibility index (Phi) is 4.39. The molecular weight excluding hydrogens is 344 g/mol. The van der Waals surface area contributed by atoms with Crippen molar-refractivity contribution in [2.45, 2.75) is 76.7 Å². The fraction of sp³-hybridized carbons (Fsp3) is 0.720. The average Bonchev–Trinajstić information content (AvgIpc) is 3.03. The Morgan fingerprint density at radius 1 is 1.18 bits per heavy atom. The van der Waals surface area contributed by atoms with Gasteiger partial charge in [0, 0.05) is 6.04 Å². The smallest absolute Gasteiger partial charge is 0.227 e. The van der Waals surface area contributed by atoms with E-state index < -0.39 is 0 Å². The molecule has 5 aliphatic rings. The van der Waals surface area contributed by atoms with Crippen LogP contribution < -0.4 is 10.6 Å². The minimum absolute atomic E-state index is 0.133. The van der Waals surface area contributed by atoms with Gasteiger partial charge < -0.3 is 10.6 Å². The monoisotopic (exact) mass is 380 g/mol. The first kappa shape index (κ1) is 18.7. The summed E-state index contributed by atoms with van der Waals surface area (Å²) in [5.74, 6) is 1.65. The van der Waals surface area contributed by atoms with Gasteiger partial charge in [-0.15, -0.1) is 0 Å². The molecule has 6 atom stereocenters. The van der Waals surface area contributed by atoms with E-state index in [0.717, 1.165) is 38.3 Å². The first-order valence-electron chi connectivity index (χ1n) is 11.6. The zero-order valence-corrected chi connectivity index (χ0v) is 17.6. The summed E-state index contributed by atoms with van der Waals surface area (Å²) in [6.45, 7) is 6.64. The molecule has 1 saturated heterocycles. The van der Waals surface area contributed by atoms with Gasteiger partial charge in [0.2, 0.25) is 5.91 Å². The highest BCUT2D eigenvalue weighted by Crippen LogP contribution is 2.77. The van der Waals surface area contributed by atoms with Gasteiger partial charge in [-0.1, -0.05) is 50.6 Å². The lowest BCUT2D eigenvalue weighted by atomic mass is 9.63. The number of rotatable bonds is 5. The molecular formula is C25H36N2O. The third-order valence-corrected chi connectivity index (χ3v) is 8.98. The third-order valence-electron chi connectivity index (χ3n) is 8.98. The van der Waals surface area contributed by atoms with Crippen LogP contribution in [0.25, 0.3) is 0 Å². The average molecular weight is 381 g/mol. The van der Waals surface area contributed by atoms with Crippen LogP contribution in [0.2, 0.25) is 0 Å². The van der Waals surface area contributed by atoms with Crippen LogP contribution in [0.4, 0.5) is 0 Å². The SMILES string of the molecule is CCC[C@]12CC3CC1(C(=O)NC1CCNCC1C)C[C@@](c1ccccc1)(C3)C2. The van der Waals surface area contributed by atoms with Gasteiger partial charge in [-0.3, -0.25) is 4.79 Å². The van der Waals surface area contributed by atoms with Gasteiger partial charge >= 0.3 is 0 Å².